The first-order valence-electron chi connectivity index (χ1n) is 9.38. The van der Waals surface area contributed by atoms with E-state index in [1.807, 2.05) is 24.3 Å². The molecule has 152 valence electrons. The molecule has 1 fully saturated rings. The Bertz CT molecular complexity index is 907. The van der Waals surface area contributed by atoms with Crippen molar-refractivity contribution >= 4 is 17.5 Å². The van der Waals surface area contributed by atoms with Gasteiger partial charge in [0, 0.05) is 37.8 Å². The van der Waals surface area contributed by atoms with Crippen LogP contribution in [0.15, 0.2) is 48.5 Å². The Labute approximate surface area is 168 Å². The predicted molar refractivity (Wildman–Crippen MR) is 107 cm³/mol. The van der Waals surface area contributed by atoms with E-state index in [-0.39, 0.29) is 30.3 Å². The summed E-state index contributed by atoms with van der Waals surface area (Å²) in [6, 6.07) is 13.7. The lowest BCUT2D eigenvalue weighted by Crippen LogP contribution is -2.51. The molecule has 1 aliphatic heterocycles. The van der Waals surface area contributed by atoms with Crippen molar-refractivity contribution in [3.63, 3.8) is 0 Å². The van der Waals surface area contributed by atoms with Gasteiger partial charge in [0.15, 0.2) is 0 Å². The third-order valence-electron chi connectivity index (χ3n) is 5.00. The molecule has 0 radical (unpaired) electrons. The Morgan fingerprint density at radius 2 is 1.59 bits per heavy atom. The molecule has 0 aromatic heterocycles. The molecule has 2 aromatic carbocycles. The van der Waals surface area contributed by atoms with Crippen LogP contribution in [0.2, 0.25) is 0 Å². The van der Waals surface area contributed by atoms with Crippen LogP contribution < -0.4 is 4.74 Å². The second-order valence-corrected chi connectivity index (χ2v) is 6.85. The second kappa shape index (κ2) is 9.18. The summed E-state index contributed by atoms with van der Waals surface area (Å²) in [5.74, 6) is 0.545. The number of methoxy groups -OCH3 is 1. The quantitative estimate of drug-likeness (QED) is 0.549. The van der Waals surface area contributed by atoms with E-state index in [0.29, 0.717) is 37.5 Å². The van der Waals surface area contributed by atoms with Crippen molar-refractivity contribution in [3.8, 4) is 5.75 Å². The summed E-state index contributed by atoms with van der Waals surface area (Å²) in [6.45, 7) is 1.74. The molecule has 8 nitrogen and oxygen atoms in total. The van der Waals surface area contributed by atoms with Gasteiger partial charge in [-0.25, -0.2) is 0 Å². The molecule has 2 aromatic rings. The van der Waals surface area contributed by atoms with Gasteiger partial charge in [-0.3, -0.25) is 19.7 Å². The van der Waals surface area contributed by atoms with E-state index < -0.39 is 4.92 Å². The van der Waals surface area contributed by atoms with Crippen molar-refractivity contribution in [1.82, 2.24) is 9.80 Å². The number of nitro groups is 1. The number of nitro benzene ring substituents is 1. The zero-order valence-corrected chi connectivity index (χ0v) is 16.2. The summed E-state index contributed by atoms with van der Waals surface area (Å²) in [7, 11) is 1.58. The molecule has 0 N–H and O–H groups in total. The Morgan fingerprint density at radius 1 is 0.966 bits per heavy atom. The minimum atomic E-state index is -0.474. The van der Waals surface area contributed by atoms with Crippen LogP contribution in [0, 0.1) is 10.1 Å². The molecule has 1 saturated heterocycles. The predicted octanol–water partition coefficient (Wildman–Crippen LogP) is 2.06. The lowest BCUT2D eigenvalue weighted by atomic mass is 10.1. The number of nitrogens with zero attached hydrogens (tertiary/aromatic N) is 3. The number of piperazine rings is 1. The smallest absolute Gasteiger partial charge is 0.273 e. The normalized spacial score (nSPS) is 13.8. The van der Waals surface area contributed by atoms with Crippen molar-refractivity contribution in [2.75, 3.05) is 33.3 Å². The summed E-state index contributed by atoms with van der Waals surface area (Å²) in [4.78, 5) is 39.2. The summed E-state index contributed by atoms with van der Waals surface area (Å²) < 4.78 is 5.18. The number of hydrogen-bond donors (Lipinski definition) is 0. The average Bonchev–Trinajstić information content (AvgIpc) is 2.74. The molecule has 3 rings (SSSR count). The van der Waals surface area contributed by atoms with E-state index in [4.69, 9.17) is 4.74 Å². The molecule has 8 heteroatoms. The zero-order chi connectivity index (χ0) is 20.8. The second-order valence-electron chi connectivity index (χ2n) is 6.85. The highest BCUT2D eigenvalue weighted by atomic mass is 16.6. The SMILES string of the molecule is COc1cccc(CC(=O)N2CCN(C(=O)Cc3ccccc3[N+](=O)[O-])CC2)c1. The van der Waals surface area contributed by atoms with Crippen LogP contribution in [0.3, 0.4) is 0 Å². The third kappa shape index (κ3) is 5.10. The first-order chi connectivity index (χ1) is 14.0. The van der Waals surface area contributed by atoms with Gasteiger partial charge in [-0.1, -0.05) is 30.3 Å². The molecule has 29 heavy (non-hydrogen) atoms. The molecule has 2 amide bonds. The van der Waals surface area contributed by atoms with Gasteiger partial charge in [-0.05, 0) is 17.7 Å². The fraction of sp³-hybridized carbons (Fsp3) is 0.333. The summed E-state index contributed by atoms with van der Waals surface area (Å²) in [5.41, 5.74) is 1.23. The highest BCUT2D eigenvalue weighted by Crippen LogP contribution is 2.19. The van der Waals surface area contributed by atoms with Gasteiger partial charge in [0.05, 0.1) is 24.9 Å². The number of benzene rings is 2. The number of para-hydroxylation sites is 1. The van der Waals surface area contributed by atoms with E-state index in [1.54, 1.807) is 35.1 Å². The number of carbonyl (C=O) groups excluding carboxylic acids is 2. The van der Waals surface area contributed by atoms with E-state index >= 15 is 0 Å². The average molecular weight is 397 g/mol. The lowest BCUT2D eigenvalue weighted by Gasteiger charge is -2.35. The van der Waals surface area contributed by atoms with Gasteiger partial charge in [-0.2, -0.15) is 0 Å². The maximum Gasteiger partial charge on any atom is 0.273 e. The molecule has 0 unspecified atom stereocenters. The summed E-state index contributed by atoms with van der Waals surface area (Å²) >= 11 is 0. The molecule has 0 bridgehead atoms. The minimum absolute atomic E-state index is 0.00375. The van der Waals surface area contributed by atoms with Gasteiger partial charge < -0.3 is 14.5 Å². The maximum atomic E-state index is 12.6. The third-order valence-corrected chi connectivity index (χ3v) is 5.00. The summed E-state index contributed by atoms with van der Waals surface area (Å²) in [5, 5.41) is 11.1. The molecular weight excluding hydrogens is 374 g/mol. The molecule has 0 saturated carbocycles. The van der Waals surface area contributed by atoms with Crippen LogP contribution in [0.5, 0.6) is 5.75 Å². The molecule has 1 aliphatic rings. The standard InChI is InChI=1S/C21H23N3O5/c1-29-18-7-4-5-16(13-18)14-20(25)22-9-11-23(12-10-22)21(26)15-17-6-2-3-8-19(17)24(27)28/h2-8,13H,9-12,14-15H2,1H3. The van der Waals surface area contributed by atoms with Crippen molar-refractivity contribution in [3.05, 3.63) is 69.8 Å². The number of amides is 2. The van der Waals surface area contributed by atoms with Gasteiger partial charge in [-0.15, -0.1) is 0 Å². The van der Waals surface area contributed by atoms with Gasteiger partial charge in [0.2, 0.25) is 11.8 Å². The van der Waals surface area contributed by atoms with Crippen molar-refractivity contribution in [1.29, 1.82) is 0 Å². The number of carbonyl (C=O) groups is 2. The maximum absolute atomic E-state index is 12.6. The van der Waals surface area contributed by atoms with E-state index in [1.165, 1.54) is 6.07 Å². The zero-order valence-electron chi connectivity index (χ0n) is 16.2. The number of hydrogen-bond acceptors (Lipinski definition) is 5. The van der Waals surface area contributed by atoms with Crippen molar-refractivity contribution < 1.29 is 19.2 Å². The first-order valence-corrected chi connectivity index (χ1v) is 9.38. The van der Waals surface area contributed by atoms with Gasteiger partial charge >= 0.3 is 0 Å². The fourth-order valence-corrected chi connectivity index (χ4v) is 3.39. The fourth-order valence-electron chi connectivity index (χ4n) is 3.39. The topological polar surface area (TPSA) is 93.0 Å². The Kier molecular flexibility index (Phi) is 6.43. The molecular formula is C21H23N3O5. The van der Waals surface area contributed by atoms with Crippen LogP contribution in [-0.4, -0.2) is 59.8 Å². The van der Waals surface area contributed by atoms with Crippen LogP contribution in [0.25, 0.3) is 0 Å². The van der Waals surface area contributed by atoms with E-state index in [0.717, 1.165) is 5.56 Å². The first kappa shape index (κ1) is 20.3. The van der Waals surface area contributed by atoms with Crippen LogP contribution in [0.4, 0.5) is 5.69 Å². The largest absolute Gasteiger partial charge is 0.497 e. The molecule has 0 atom stereocenters. The number of rotatable bonds is 6. The monoisotopic (exact) mass is 397 g/mol. The Hall–Kier alpha value is -3.42. The highest BCUT2D eigenvalue weighted by Gasteiger charge is 2.25. The van der Waals surface area contributed by atoms with Crippen LogP contribution in [0.1, 0.15) is 11.1 Å². The van der Waals surface area contributed by atoms with Crippen LogP contribution in [-0.2, 0) is 22.4 Å². The lowest BCUT2D eigenvalue weighted by molar-refractivity contribution is -0.385. The highest BCUT2D eigenvalue weighted by molar-refractivity contribution is 5.81. The molecule has 0 spiro atoms. The van der Waals surface area contributed by atoms with E-state index in [9.17, 15) is 19.7 Å². The van der Waals surface area contributed by atoms with Crippen molar-refractivity contribution in [2.24, 2.45) is 0 Å². The van der Waals surface area contributed by atoms with Gasteiger partial charge in [0.25, 0.3) is 5.69 Å². The molecule has 1 heterocycles. The van der Waals surface area contributed by atoms with Crippen LogP contribution >= 0.6 is 0 Å². The Balaban J connectivity index is 1.54. The molecule has 0 aliphatic carbocycles. The van der Waals surface area contributed by atoms with Gasteiger partial charge in [0.1, 0.15) is 5.75 Å². The minimum Gasteiger partial charge on any atom is -0.497 e. The Morgan fingerprint density at radius 3 is 2.21 bits per heavy atom. The summed E-state index contributed by atoms with van der Waals surface area (Å²) in [6.07, 6.45) is 0.260. The van der Waals surface area contributed by atoms with E-state index in [2.05, 4.69) is 0 Å². The number of ether oxygens (including phenoxy) is 1. The van der Waals surface area contributed by atoms with Crippen molar-refractivity contribution in [2.45, 2.75) is 12.8 Å².